The second-order valence-electron chi connectivity index (χ2n) is 3.28. The molecule has 1 aliphatic rings. The summed E-state index contributed by atoms with van der Waals surface area (Å²) in [5.74, 6) is -0.997. The van der Waals surface area contributed by atoms with Crippen LogP contribution in [0.3, 0.4) is 0 Å². The first-order chi connectivity index (χ1) is 6.57. The van der Waals surface area contributed by atoms with Gasteiger partial charge < -0.3 is 9.84 Å². The summed E-state index contributed by atoms with van der Waals surface area (Å²) < 4.78 is 4.73. The Morgan fingerprint density at radius 2 is 2.36 bits per heavy atom. The number of carboxylic acid groups (broad SMARTS) is 1. The maximum Gasteiger partial charge on any atom is 0.410 e. The summed E-state index contributed by atoms with van der Waals surface area (Å²) in [6, 6.07) is -0.743. The van der Waals surface area contributed by atoms with Crippen molar-refractivity contribution in [3.05, 3.63) is 12.7 Å². The number of hydrogen-bond acceptors (Lipinski definition) is 3. The van der Waals surface area contributed by atoms with Crippen molar-refractivity contribution in [2.24, 2.45) is 5.92 Å². The number of hydrogen-bond donors (Lipinski definition) is 1. The van der Waals surface area contributed by atoms with Gasteiger partial charge in [0.15, 0.2) is 0 Å². The molecule has 1 aliphatic heterocycles. The Hall–Kier alpha value is -1.52. The fourth-order valence-corrected chi connectivity index (χ4v) is 1.47. The van der Waals surface area contributed by atoms with Gasteiger partial charge in [0.2, 0.25) is 0 Å². The van der Waals surface area contributed by atoms with Crippen molar-refractivity contribution in [1.29, 1.82) is 0 Å². The van der Waals surface area contributed by atoms with Gasteiger partial charge in [0.1, 0.15) is 12.6 Å². The Bertz CT molecular complexity index is 264. The predicted octanol–water partition coefficient (Wildman–Crippen LogP) is 0.714. The first-order valence-corrected chi connectivity index (χ1v) is 4.35. The van der Waals surface area contributed by atoms with Crippen molar-refractivity contribution in [3.8, 4) is 0 Å². The lowest BCUT2D eigenvalue weighted by atomic mass is 9.91. The van der Waals surface area contributed by atoms with Gasteiger partial charge >= 0.3 is 12.1 Å². The average Bonchev–Trinajstić information content (AvgIpc) is 2.08. The summed E-state index contributed by atoms with van der Waals surface area (Å²) in [6.07, 6.45) is 0.854. The first kappa shape index (κ1) is 10.6. The molecule has 1 saturated heterocycles. The molecule has 0 saturated carbocycles. The van der Waals surface area contributed by atoms with Gasteiger partial charge in [-0.15, -0.1) is 0 Å². The van der Waals surface area contributed by atoms with Crippen LogP contribution < -0.4 is 0 Å². The fourth-order valence-electron chi connectivity index (χ4n) is 1.47. The summed E-state index contributed by atoms with van der Waals surface area (Å²) in [5, 5.41) is 8.78. The molecular formula is C9H13NO4. The summed E-state index contributed by atoms with van der Waals surface area (Å²) in [4.78, 5) is 23.2. The summed E-state index contributed by atoms with van der Waals surface area (Å²) in [5.41, 5.74) is 0. The standard InChI is InChI=1S/C9H13NO4/c1-3-4-14-9(13)10-5-6(2)7(10)8(11)12/h3,6-7H,1,4-5H2,2H3,(H,11,12)/t6-,7+/m1/s1. The number of rotatable bonds is 3. The monoisotopic (exact) mass is 199 g/mol. The molecule has 0 aromatic carbocycles. The normalized spacial score (nSPS) is 25.1. The van der Waals surface area contributed by atoms with Crippen LogP contribution in [0.1, 0.15) is 6.92 Å². The number of aliphatic carboxylic acids is 1. The second kappa shape index (κ2) is 4.13. The SMILES string of the molecule is C=CCOC(=O)N1C[C@@H](C)[C@H]1C(=O)O. The van der Waals surface area contributed by atoms with Gasteiger partial charge in [-0.2, -0.15) is 0 Å². The third-order valence-electron chi connectivity index (χ3n) is 2.17. The lowest BCUT2D eigenvalue weighted by Gasteiger charge is -2.42. The van der Waals surface area contributed by atoms with Crippen LogP contribution in [0.5, 0.6) is 0 Å². The van der Waals surface area contributed by atoms with Crippen LogP contribution in [-0.2, 0) is 9.53 Å². The second-order valence-corrected chi connectivity index (χ2v) is 3.28. The number of carboxylic acids is 1. The maximum atomic E-state index is 11.2. The van der Waals surface area contributed by atoms with E-state index in [1.807, 2.05) is 0 Å². The molecule has 1 N–H and O–H groups in total. The van der Waals surface area contributed by atoms with Crippen molar-refractivity contribution in [2.75, 3.05) is 13.2 Å². The highest BCUT2D eigenvalue weighted by Gasteiger charge is 2.44. The molecule has 1 amide bonds. The van der Waals surface area contributed by atoms with E-state index in [1.54, 1.807) is 6.92 Å². The van der Waals surface area contributed by atoms with Crippen LogP contribution in [0, 0.1) is 5.92 Å². The minimum Gasteiger partial charge on any atom is -0.480 e. The van der Waals surface area contributed by atoms with E-state index in [2.05, 4.69) is 6.58 Å². The minimum atomic E-state index is -0.987. The average molecular weight is 199 g/mol. The molecule has 14 heavy (non-hydrogen) atoms. The smallest absolute Gasteiger partial charge is 0.410 e. The molecule has 0 bridgehead atoms. The van der Waals surface area contributed by atoms with E-state index >= 15 is 0 Å². The van der Waals surface area contributed by atoms with Crippen molar-refractivity contribution in [1.82, 2.24) is 4.90 Å². The fraction of sp³-hybridized carbons (Fsp3) is 0.556. The quantitative estimate of drug-likeness (QED) is 0.680. The van der Waals surface area contributed by atoms with E-state index in [9.17, 15) is 9.59 Å². The van der Waals surface area contributed by atoms with Gasteiger partial charge in [0.05, 0.1) is 0 Å². The van der Waals surface area contributed by atoms with Gasteiger partial charge in [-0.3, -0.25) is 4.90 Å². The molecule has 0 aliphatic carbocycles. The molecule has 0 spiro atoms. The molecule has 5 nitrogen and oxygen atoms in total. The Kier molecular flexibility index (Phi) is 3.11. The van der Waals surface area contributed by atoms with Gasteiger partial charge in [-0.25, -0.2) is 9.59 Å². The minimum absolute atomic E-state index is 0.0104. The van der Waals surface area contributed by atoms with E-state index < -0.39 is 18.1 Å². The number of nitrogens with zero attached hydrogens (tertiary/aromatic N) is 1. The topological polar surface area (TPSA) is 66.8 Å². The van der Waals surface area contributed by atoms with E-state index in [0.717, 1.165) is 0 Å². The highest BCUT2D eigenvalue weighted by Crippen LogP contribution is 2.25. The highest BCUT2D eigenvalue weighted by molar-refractivity contribution is 5.82. The van der Waals surface area contributed by atoms with Crippen molar-refractivity contribution < 1.29 is 19.4 Å². The summed E-state index contributed by atoms with van der Waals surface area (Å²) >= 11 is 0. The first-order valence-electron chi connectivity index (χ1n) is 4.35. The molecule has 0 radical (unpaired) electrons. The van der Waals surface area contributed by atoms with Crippen LogP contribution >= 0.6 is 0 Å². The van der Waals surface area contributed by atoms with Crippen LogP contribution in [-0.4, -0.2) is 41.3 Å². The summed E-state index contributed by atoms with van der Waals surface area (Å²) in [6.45, 7) is 5.73. The van der Waals surface area contributed by atoms with Crippen molar-refractivity contribution in [2.45, 2.75) is 13.0 Å². The number of amides is 1. The molecule has 0 aromatic rings. The number of ether oxygens (including phenoxy) is 1. The van der Waals surface area contributed by atoms with Crippen LogP contribution in [0.2, 0.25) is 0 Å². The zero-order valence-electron chi connectivity index (χ0n) is 7.97. The maximum absolute atomic E-state index is 11.2. The summed E-state index contributed by atoms with van der Waals surface area (Å²) in [7, 11) is 0. The number of likely N-dealkylation sites (tertiary alicyclic amines) is 1. The predicted molar refractivity (Wildman–Crippen MR) is 48.8 cm³/mol. The zero-order chi connectivity index (χ0) is 10.7. The Labute approximate surface area is 82.0 Å². The largest absolute Gasteiger partial charge is 0.480 e. The number of carbonyl (C=O) groups excluding carboxylic acids is 1. The highest BCUT2D eigenvalue weighted by atomic mass is 16.6. The zero-order valence-corrected chi connectivity index (χ0v) is 7.97. The Balaban J connectivity index is 2.49. The molecule has 1 rings (SSSR count). The molecule has 1 fully saturated rings. The van der Waals surface area contributed by atoms with Gasteiger partial charge in [0.25, 0.3) is 0 Å². The molecule has 0 aromatic heterocycles. The van der Waals surface area contributed by atoms with Gasteiger partial charge in [0, 0.05) is 12.5 Å². The molecule has 2 atom stereocenters. The number of carbonyl (C=O) groups is 2. The molecule has 5 heteroatoms. The van der Waals surface area contributed by atoms with Gasteiger partial charge in [-0.1, -0.05) is 19.6 Å². The van der Waals surface area contributed by atoms with E-state index in [4.69, 9.17) is 9.84 Å². The van der Waals surface area contributed by atoms with Crippen LogP contribution in [0.4, 0.5) is 4.79 Å². The van der Waals surface area contributed by atoms with Crippen LogP contribution in [0.25, 0.3) is 0 Å². The van der Waals surface area contributed by atoms with E-state index in [-0.39, 0.29) is 12.5 Å². The third kappa shape index (κ3) is 1.86. The molecule has 0 unspecified atom stereocenters. The Morgan fingerprint density at radius 3 is 2.79 bits per heavy atom. The van der Waals surface area contributed by atoms with Crippen molar-refractivity contribution >= 4 is 12.1 Å². The van der Waals surface area contributed by atoms with Gasteiger partial charge in [-0.05, 0) is 0 Å². The third-order valence-corrected chi connectivity index (χ3v) is 2.17. The molecule has 78 valence electrons. The molecule has 1 heterocycles. The van der Waals surface area contributed by atoms with E-state index in [1.165, 1.54) is 11.0 Å². The van der Waals surface area contributed by atoms with E-state index in [0.29, 0.717) is 6.54 Å². The van der Waals surface area contributed by atoms with Crippen LogP contribution in [0.15, 0.2) is 12.7 Å². The molecular weight excluding hydrogens is 186 g/mol. The lowest BCUT2D eigenvalue weighted by molar-refractivity contribution is -0.150. The van der Waals surface area contributed by atoms with Crippen molar-refractivity contribution in [3.63, 3.8) is 0 Å². The lowest BCUT2D eigenvalue weighted by Crippen LogP contribution is -2.61. The Morgan fingerprint density at radius 1 is 1.71 bits per heavy atom.